The van der Waals surface area contributed by atoms with Crippen LogP contribution in [0.1, 0.15) is 19.4 Å². The van der Waals surface area contributed by atoms with Crippen LogP contribution in [0, 0.1) is 5.92 Å². The largest absolute Gasteiger partial charge is 0.469 e. The van der Waals surface area contributed by atoms with Gasteiger partial charge in [0.15, 0.2) is 0 Å². The van der Waals surface area contributed by atoms with Crippen molar-refractivity contribution in [3.05, 3.63) is 35.9 Å². The van der Waals surface area contributed by atoms with Crippen molar-refractivity contribution in [1.82, 2.24) is 10.2 Å². The second-order valence-corrected chi connectivity index (χ2v) is 5.41. The maximum Gasteiger partial charge on any atom is 0.310 e. The summed E-state index contributed by atoms with van der Waals surface area (Å²) in [6, 6.07) is 9.41. The van der Waals surface area contributed by atoms with Crippen LogP contribution in [-0.4, -0.2) is 49.4 Å². The van der Waals surface area contributed by atoms with E-state index in [1.807, 2.05) is 30.3 Å². The smallest absolute Gasteiger partial charge is 0.310 e. The molecule has 0 heterocycles. The van der Waals surface area contributed by atoms with Gasteiger partial charge >= 0.3 is 5.97 Å². The topological polar surface area (TPSA) is 75.7 Å². The predicted molar refractivity (Wildman–Crippen MR) is 86.6 cm³/mol. The van der Waals surface area contributed by atoms with Crippen LogP contribution in [0.25, 0.3) is 0 Å². The summed E-state index contributed by atoms with van der Waals surface area (Å²) in [6.45, 7) is 4.11. The second-order valence-electron chi connectivity index (χ2n) is 5.41. The molecule has 1 rings (SSSR count). The Bertz CT molecular complexity index is 531. The SMILES string of the molecule is COC(=O)C(C)CN(CCNC(C)=O)C(=O)Cc1ccccc1. The van der Waals surface area contributed by atoms with Crippen LogP contribution in [0.3, 0.4) is 0 Å². The van der Waals surface area contributed by atoms with E-state index in [1.54, 1.807) is 11.8 Å². The Hall–Kier alpha value is -2.37. The van der Waals surface area contributed by atoms with Crippen LogP contribution in [-0.2, 0) is 25.5 Å². The van der Waals surface area contributed by atoms with E-state index in [2.05, 4.69) is 5.32 Å². The molecule has 0 saturated heterocycles. The van der Waals surface area contributed by atoms with Gasteiger partial charge in [-0.3, -0.25) is 14.4 Å². The summed E-state index contributed by atoms with van der Waals surface area (Å²) in [5.74, 6) is -1.02. The number of nitrogens with one attached hydrogen (secondary N) is 1. The number of benzene rings is 1. The van der Waals surface area contributed by atoms with Gasteiger partial charge < -0.3 is 15.0 Å². The molecule has 6 nitrogen and oxygen atoms in total. The van der Waals surface area contributed by atoms with Gasteiger partial charge in [0, 0.05) is 26.6 Å². The van der Waals surface area contributed by atoms with E-state index in [0.29, 0.717) is 13.1 Å². The Morgan fingerprint density at radius 3 is 2.43 bits per heavy atom. The van der Waals surface area contributed by atoms with Gasteiger partial charge in [0.05, 0.1) is 19.4 Å². The summed E-state index contributed by atoms with van der Waals surface area (Å²) in [7, 11) is 1.33. The minimum atomic E-state index is -0.419. The zero-order chi connectivity index (χ0) is 17.2. The minimum absolute atomic E-state index is 0.0858. The molecule has 23 heavy (non-hydrogen) atoms. The van der Waals surface area contributed by atoms with Gasteiger partial charge in [0.25, 0.3) is 0 Å². The third kappa shape index (κ3) is 6.95. The summed E-state index contributed by atoms with van der Waals surface area (Å²) in [5.41, 5.74) is 0.910. The van der Waals surface area contributed by atoms with Gasteiger partial charge in [-0.2, -0.15) is 0 Å². The fraction of sp³-hybridized carbons (Fsp3) is 0.471. The molecular formula is C17H24N2O4. The lowest BCUT2D eigenvalue weighted by atomic mass is 10.1. The van der Waals surface area contributed by atoms with Crippen molar-refractivity contribution in [1.29, 1.82) is 0 Å². The van der Waals surface area contributed by atoms with Crippen molar-refractivity contribution in [2.24, 2.45) is 5.92 Å². The monoisotopic (exact) mass is 320 g/mol. The highest BCUT2D eigenvalue weighted by Gasteiger charge is 2.21. The summed E-state index contributed by atoms with van der Waals surface area (Å²) < 4.78 is 4.71. The van der Waals surface area contributed by atoms with Gasteiger partial charge in [-0.05, 0) is 5.56 Å². The zero-order valence-corrected chi connectivity index (χ0v) is 13.9. The quantitative estimate of drug-likeness (QED) is 0.725. The Kier molecular flexibility index (Phi) is 7.80. The molecule has 0 aromatic heterocycles. The minimum Gasteiger partial charge on any atom is -0.469 e. The van der Waals surface area contributed by atoms with Crippen LogP contribution >= 0.6 is 0 Å². The Labute approximate surface area is 136 Å². The molecule has 1 unspecified atom stereocenters. The molecule has 0 aliphatic carbocycles. The van der Waals surface area contributed by atoms with Crippen molar-refractivity contribution < 1.29 is 19.1 Å². The van der Waals surface area contributed by atoms with E-state index >= 15 is 0 Å². The summed E-state index contributed by atoms with van der Waals surface area (Å²) in [5, 5.41) is 2.66. The molecule has 2 amide bonds. The van der Waals surface area contributed by atoms with E-state index in [0.717, 1.165) is 5.56 Å². The summed E-state index contributed by atoms with van der Waals surface area (Å²) in [4.78, 5) is 36.6. The maximum atomic E-state index is 12.5. The van der Waals surface area contributed by atoms with E-state index < -0.39 is 5.92 Å². The lowest BCUT2D eigenvalue weighted by Crippen LogP contribution is -2.42. The fourth-order valence-corrected chi connectivity index (χ4v) is 2.17. The third-order valence-corrected chi connectivity index (χ3v) is 3.40. The lowest BCUT2D eigenvalue weighted by molar-refractivity contribution is -0.146. The number of amides is 2. The van der Waals surface area contributed by atoms with Gasteiger partial charge in [-0.25, -0.2) is 0 Å². The number of nitrogens with zero attached hydrogens (tertiary/aromatic N) is 1. The van der Waals surface area contributed by atoms with Crippen molar-refractivity contribution in [2.75, 3.05) is 26.7 Å². The van der Waals surface area contributed by atoms with Crippen molar-refractivity contribution in [2.45, 2.75) is 20.3 Å². The maximum absolute atomic E-state index is 12.5. The average molecular weight is 320 g/mol. The predicted octanol–water partition coefficient (Wildman–Crippen LogP) is 1.00. The second kappa shape index (κ2) is 9.61. The molecule has 0 aliphatic heterocycles. The summed E-state index contributed by atoms with van der Waals surface area (Å²) in [6.07, 6.45) is 0.259. The van der Waals surface area contributed by atoms with Gasteiger partial charge in [-0.1, -0.05) is 37.3 Å². The first-order chi connectivity index (χ1) is 10.9. The molecule has 1 N–H and O–H groups in total. The van der Waals surface area contributed by atoms with Crippen molar-refractivity contribution >= 4 is 17.8 Å². The molecule has 126 valence electrons. The van der Waals surface area contributed by atoms with E-state index in [9.17, 15) is 14.4 Å². The van der Waals surface area contributed by atoms with Crippen LogP contribution in [0.15, 0.2) is 30.3 Å². The zero-order valence-electron chi connectivity index (χ0n) is 13.9. The van der Waals surface area contributed by atoms with Gasteiger partial charge in [0.2, 0.25) is 11.8 Å². The number of esters is 1. The third-order valence-electron chi connectivity index (χ3n) is 3.40. The van der Waals surface area contributed by atoms with Crippen LogP contribution in [0.5, 0.6) is 0 Å². The summed E-state index contributed by atoms with van der Waals surface area (Å²) >= 11 is 0. The van der Waals surface area contributed by atoms with E-state index in [-0.39, 0.29) is 30.7 Å². The first-order valence-corrected chi connectivity index (χ1v) is 7.58. The molecule has 6 heteroatoms. The normalized spacial score (nSPS) is 11.4. The Morgan fingerprint density at radius 2 is 1.87 bits per heavy atom. The Balaban J connectivity index is 2.70. The number of carbonyl (C=O) groups is 3. The van der Waals surface area contributed by atoms with Crippen LogP contribution < -0.4 is 5.32 Å². The fourth-order valence-electron chi connectivity index (χ4n) is 2.17. The molecule has 0 aliphatic rings. The highest BCUT2D eigenvalue weighted by molar-refractivity contribution is 5.80. The first-order valence-electron chi connectivity index (χ1n) is 7.58. The number of hydrogen-bond acceptors (Lipinski definition) is 4. The first kappa shape index (κ1) is 18.7. The Morgan fingerprint density at radius 1 is 1.22 bits per heavy atom. The molecule has 0 fully saturated rings. The lowest BCUT2D eigenvalue weighted by Gasteiger charge is -2.25. The van der Waals surface area contributed by atoms with Crippen molar-refractivity contribution in [3.8, 4) is 0 Å². The van der Waals surface area contributed by atoms with E-state index in [4.69, 9.17) is 4.74 Å². The van der Waals surface area contributed by atoms with Gasteiger partial charge in [0.1, 0.15) is 0 Å². The molecule has 0 saturated carbocycles. The number of ether oxygens (including phenoxy) is 1. The number of hydrogen-bond donors (Lipinski definition) is 1. The average Bonchev–Trinajstić information content (AvgIpc) is 2.53. The van der Waals surface area contributed by atoms with Crippen molar-refractivity contribution in [3.63, 3.8) is 0 Å². The van der Waals surface area contributed by atoms with Crippen LogP contribution in [0.4, 0.5) is 0 Å². The molecule has 0 spiro atoms. The molecule has 0 bridgehead atoms. The molecule has 0 radical (unpaired) electrons. The van der Waals surface area contributed by atoms with Gasteiger partial charge in [-0.15, -0.1) is 0 Å². The highest BCUT2D eigenvalue weighted by atomic mass is 16.5. The van der Waals surface area contributed by atoms with Crippen LogP contribution in [0.2, 0.25) is 0 Å². The number of carbonyl (C=O) groups excluding carboxylic acids is 3. The highest BCUT2D eigenvalue weighted by Crippen LogP contribution is 2.07. The van der Waals surface area contributed by atoms with E-state index in [1.165, 1.54) is 14.0 Å². The molecule has 1 aromatic rings. The molecule has 1 atom stereocenters. The molecular weight excluding hydrogens is 296 g/mol. The molecule has 1 aromatic carbocycles. The number of methoxy groups -OCH3 is 1. The number of rotatable bonds is 8. The standard InChI is InChI=1S/C17H24N2O4/c1-13(17(22)23-3)12-19(10-9-18-14(2)20)16(21)11-15-7-5-4-6-8-15/h4-8,13H,9-12H2,1-3H3,(H,18,20).